The SMILES string of the molecule is COc1ccc(CC2NC(=O)CNC(=O)[C@H](C(C)C)NC(=O)CNC(=O)[C@@H]3CCCN3C(=O)[C@@H](Cc3c[nH]c4ccccc34)NC(=O)CNC2=O)cc1. The van der Waals surface area contributed by atoms with E-state index in [1.165, 1.54) is 12.0 Å². The second kappa shape index (κ2) is 17.5. The highest BCUT2D eigenvalue weighted by Crippen LogP contribution is 2.23. The number of rotatable bonds is 6. The molecule has 2 saturated heterocycles. The third-order valence-corrected chi connectivity index (χ3v) is 9.36. The van der Waals surface area contributed by atoms with Gasteiger partial charge in [0.05, 0.1) is 26.7 Å². The van der Waals surface area contributed by atoms with E-state index in [4.69, 9.17) is 4.74 Å². The first kappa shape index (κ1) is 38.3. The number of H-pyrrole nitrogens is 1. The Kier molecular flexibility index (Phi) is 12.7. The molecule has 0 saturated carbocycles. The van der Waals surface area contributed by atoms with E-state index in [0.717, 1.165) is 16.5 Å². The van der Waals surface area contributed by atoms with Crippen LogP contribution in [-0.4, -0.2) is 109 Å². The number of hydrogen-bond acceptors (Lipinski definition) is 8. The summed E-state index contributed by atoms with van der Waals surface area (Å²) < 4.78 is 5.21. The molecular formula is C37H46N8O8. The maximum Gasteiger partial charge on any atom is 0.246 e. The number of aromatic amines is 1. The van der Waals surface area contributed by atoms with Crippen LogP contribution in [0.1, 0.15) is 37.8 Å². The predicted octanol–water partition coefficient (Wildman–Crippen LogP) is -0.575. The van der Waals surface area contributed by atoms with Crippen LogP contribution in [0.3, 0.4) is 0 Å². The first-order chi connectivity index (χ1) is 25.4. The largest absolute Gasteiger partial charge is 0.497 e. The number of fused-ring (bicyclic) bond motifs is 2. The Morgan fingerprint density at radius 1 is 0.736 bits per heavy atom. The van der Waals surface area contributed by atoms with Crippen LogP contribution < -0.4 is 36.6 Å². The van der Waals surface area contributed by atoms with Gasteiger partial charge in [-0.15, -0.1) is 0 Å². The van der Waals surface area contributed by atoms with Gasteiger partial charge in [0.2, 0.25) is 41.4 Å². The molecule has 0 spiro atoms. The lowest BCUT2D eigenvalue weighted by Crippen LogP contribution is -2.56. The van der Waals surface area contributed by atoms with Crippen LogP contribution in [0, 0.1) is 5.92 Å². The maximum absolute atomic E-state index is 14.2. The molecule has 7 N–H and O–H groups in total. The molecule has 1 unspecified atom stereocenters. The number of nitrogens with one attached hydrogen (secondary N) is 7. The van der Waals surface area contributed by atoms with E-state index in [0.29, 0.717) is 24.2 Å². The Labute approximate surface area is 306 Å². The fourth-order valence-corrected chi connectivity index (χ4v) is 6.53. The molecule has 16 heteroatoms. The summed E-state index contributed by atoms with van der Waals surface area (Å²) in [6.45, 7) is 2.20. The van der Waals surface area contributed by atoms with Gasteiger partial charge in [0, 0.05) is 36.5 Å². The van der Waals surface area contributed by atoms with Gasteiger partial charge in [-0.05, 0) is 48.1 Å². The van der Waals surface area contributed by atoms with Crippen LogP contribution in [0.5, 0.6) is 5.75 Å². The van der Waals surface area contributed by atoms with Gasteiger partial charge in [-0.3, -0.25) is 33.6 Å². The summed E-state index contributed by atoms with van der Waals surface area (Å²) in [6.07, 6.45) is 2.76. The van der Waals surface area contributed by atoms with Crippen LogP contribution in [0.4, 0.5) is 0 Å². The maximum atomic E-state index is 14.2. The van der Waals surface area contributed by atoms with Crippen LogP contribution in [0.25, 0.3) is 10.9 Å². The van der Waals surface area contributed by atoms with E-state index in [1.807, 2.05) is 24.3 Å². The Balaban J connectivity index is 1.42. The van der Waals surface area contributed by atoms with Crippen LogP contribution in [-0.2, 0) is 46.4 Å². The number of carbonyl (C=O) groups is 7. The summed E-state index contributed by atoms with van der Waals surface area (Å²) >= 11 is 0. The summed E-state index contributed by atoms with van der Waals surface area (Å²) in [5.74, 6) is -4.14. The Morgan fingerprint density at radius 2 is 1.36 bits per heavy atom. The fraction of sp³-hybridized carbons (Fsp3) is 0.432. The third-order valence-electron chi connectivity index (χ3n) is 9.36. The second-order valence-electron chi connectivity index (χ2n) is 13.5. The molecule has 0 radical (unpaired) electrons. The number of methoxy groups -OCH3 is 1. The highest BCUT2D eigenvalue weighted by atomic mass is 16.5. The van der Waals surface area contributed by atoms with Crippen molar-refractivity contribution in [2.45, 2.75) is 63.7 Å². The molecule has 3 heterocycles. The fourth-order valence-electron chi connectivity index (χ4n) is 6.53. The minimum Gasteiger partial charge on any atom is -0.497 e. The highest BCUT2D eigenvalue weighted by molar-refractivity contribution is 5.97. The lowest BCUT2D eigenvalue weighted by molar-refractivity contribution is -0.141. The summed E-state index contributed by atoms with van der Waals surface area (Å²) in [5.41, 5.74) is 2.28. The van der Waals surface area contributed by atoms with Crippen molar-refractivity contribution in [3.63, 3.8) is 0 Å². The van der Waals surface area contributed by atoms with E-state index in [-0.39, 0.29) is 25.3 Å². The Morgan fingerprint density at radius 3 is 2.04 bits per heavy atom. The van der Waals surface area contributed by atoms with Crippen molar-refractivity contribution in [2.24, 2.45) is 5.92 Å². The van der Waals surface area contributed by atoms with Gasteiger partial charge in [0.1, 0.15) is 29.9 Å². The van der Waals surface area contributed by atoms with E-state index >= 15 is 0 Å². The highest BCUT2D eigenvalue weighted by Gasteiger charge is 2.38. The van der Waals surface area contributed by atoms with Crippen molar-refractivity contribution < 1.29 is 38.3 Å². The zero-order valence-electron chi connectivity index (χ0n) is 30.0. The number of nitrogens with zero attached hydrogens (tertiary/aromatic N) is 1. The van der Waals surface area contributed by atoms with Gasteiger partial charge in [-0.25, -0.2) is 0 Å². The van der Waals surface area contributed by atoms with Crippen LogP contribution >= 0.6 is 0 Å². The normalized spacial score (nSPS) is 22.9. The minimum absolute atomic E-state index is 0.0425. The molecule has 2 aliphatic heterocycles. The molecule has 282 valence electrons. The molecule has 2 fully saturated rings. The molecule has 1 aromatic heterocycles. The smallest absolute Gasteiger partial charge is 0.246 e. The number of para-hydroxylation sites is 1. The lowest BCUT2D eigenvalue weighted by Gasteiger charge is -2.29. The molecule has 4 atom stereocenters. The van der Waals surface area contributed by atoms with E-state index < -0.39 is 85.2 Å². The molecule has 53 heavy (non-hydrogen) atoms. The summed E-state index contributed by atoms with van der Waals surface area (Å²) in [5, 5.41) is 16.5. The molecule has 7 amide bonds. The number of benzene rings is 2. The zero-order chi connectivity index (χ0) is 38.1. The molecule has 0 aliphatic carbocycles. The summed E-state index contributed by atoms with van der Waals surface area (Å²) in [7, 11) is 1.52. The predicted molar refractivity (Wildman–Crippen MR) is 193 cm³/mol. The van der Waals surface area contributed by atoms with E-state index in [2.05, 4.69) is 36.9 Å². The van der Waals surface area contributed by atoms with Crippen molar-refractivity contribution in [1.82, 2.24) is 41.8 Å². The number of amides is 7. The third kappa shape index (κ3) is 9.90. The van der Waals surface area contributed by atoms with Crippen molar-refractivity contribution in [2.75, 3.05) is 33.3 Å². The van der Waals surface area contributed by atoms with Crippen LogP contribution in [0.2, 0.25) is 0 Å². The van der Waals surface area contributed by atoms with Gasteiger partial charge in [0.15, 0.2) is 0 Å². The standard InChI is InChI=1S/C37H46N8O8/c1-21(2)33-36(51)41-19-30(46)42-27(15-22-10-12-24(53-3)13-11-22)34(49)39-18-31(47)43-28(16-23-17-38-26-8-5-4-7-25(23)26)37(52)45-14-6-9-29(45)35(50)40-20-32(48)44-33/h4-5,7-8,10-13,17,21,27-29,33,38H,6,9,14-16,18-20H2,1-3H3,(H,39,49)(H,40,50)(H,41,51)(H,42,46)(H,43,47)(H,44,48)/t27?,28-,29+,33+/m1/s1. The van der Waals surface area contributed by atoms with Gasteiger partial charge in [-0.2, -0.15) is 0 Å². The van der Waals surface area contributed by atoms with Gasteiger partial charge >= 0.3 is 0 Å². The second-order valence-corrected chi connectivity index (χ2v) is 13.5. The summed E-state index contributed by atoms with van der Waals surface area (Å²) in [4.78, 5) is 98.1. The molecule has 3 aromatic rings. The average molecular weight is 731 g/mol. The first-order valence-electron chi connectivity index (χ1n) is 17.6. The van der Waals surface area contributed by atoms with Gasteiger partial charge in [-0.1, -0.05) is 44.2 Å². The van der Waals surface area contributed by atoms with Crippen molar-refractivity contribution in [1.29, 1.82) is 0 Å². The van der Waals surface area contributed by atoms with E-state index in [9.17, 15) is 33.6 Å². The number of ether oxygens (including phenoxy) is 1. The van der Waals surface area contributed by atoms with Crippen molar-refractivity contribution >= 4 is 52.3 Å². The Hall–Kier alpha value is -5.93. The first-order valence-corrected chi connectivity index (χ1v) is 17.6. The number of carbonyl (C=O) groups excluding carboxylic acids is 7. The van der Waals surface area contributed by atoms with Crippen molar-refractivity contribution in [3.8, 4) is 5.75 Å². The molecule has 2 aliphatic rings. The molecule has 16 nitrogen and oxygen atoms in total. The zero-order valence-corrected chi connectivity index (χ0v) is 30.0. The lowest BCUT2D eigenvalue weighted by atomic mass is 10.0. The summed E-state index contributed by atoms with van der Waals surface area (Å²) in [6, 6.07) is 10.2. The Bertz CT molecular complexity index is 1840. The quantitative estimate of drug-likeness (QED) is 0.174. The van der Waals surface area contributed by atoms with Gasteiger partial charge in [0.25, 0.3) is 0 Å². The van der Waals surface area contributed by atoms with E-state index in [1.54, 1.807) is 44.3 Å². The molecular weight excluding hydrogens is 684 g/mol. The minimum atomic E-state index is -1.15. The topological polar surface area (TPSA) is 220 Å². The average Bonchev–Trinajstić information content (AvgIpc) is 3.81. The van der Waals surface area contributed by atoms with Crippen molar-refractivity contribution in [3.05, 3.63) is 65.9 Å². The number of aromatic nitrogens is 1. The molecule has 2 aromatic carbocycles. The number of hydrogen-bond donors (Lipinski definition) is 7. The monoisotopic (exact) mass is 730 g/mol. The van der Waals surface area contributed by atoms with Crippen LogP contribution in [0.15, 0.2) is 54.7 Å². The van der Waals surface area contributed by atoms with Gasteiger partial charge < -0.3 is 46.5 Å². The molecule has 0 bridgehead atoms. The molecule has 5 rings (SSSR count).